The van der Waals surface area contributed by atoms with Crippen LogP contribution in [-0.4, -0.2) is 84.6 Å². The van der Waals surface area contributed by atoms with Crippen LogP contribution in [0.25, 0.3) is 0 Å². The van der Waals surface area contributed by atoms with Crippen molar-refractivity contribution in [3.05, 3.63) is 0 Å². The minimum absolute atomic E-state index is 0. The van der Waals surface area contributed by atoms with Crippen molar-refractivity contribution in [2.24, 2.45) is 0 Å². The summed E-state index contributed by atoms with van der Waals surface area (Å²) in [6.45, 7) is 3.25. The van der Waals surface area contributed by atoms with Gasteiger partial charge in [0, 0.05) is 20.8 Å². The third-order valence-corrected chi connectivity index (χ3v) is 0. The summed E-state index contributed by atoms with van der Waals surface area (Å²) in [5, 5.41) is 22.2. The van der Waals surface area contributed by atoms with Crippen molar-refractivity contribution in [2.75, 3.05) is 0 Å². The van der Waals surface area contributed by atoms with E-state index in [2.05, 4.69) is 0 Å². The summed E-state index contributed by atoms with van der Waals surface area (Å²) in [6.07, 6.45) is 0. The molecule has 6 nitrogen and oxygen atoms in total. The third-order valence-electron chi connectivity index (χ3n) is 0. The van der Waals surface area contributed by atoms with E-state index in [0.717, 1.165) is 20.8 Å². The van der Waals surface area contributed by atoms with Crippen molar-refractivity contribution in [1.82, 2.24) is 0 Å². The van der Waals surface area contributed by atoms with Gasteiger partial charge in [-0.15, -0.1) is 0 Å². The van der Waals surface area contributed by atoms with E-state index in [9.17, 15) is 0 Å². The summed E-state index contributed by atoms with van der Waals surface area (Å²) in [6, 6.07) is 0. The zero-order chi connectivity index (χ0) is 10.7. The van der Waals surface area contributed by atoms with Gasteiger partial charge in [0.15, 0.2) is 0 Å². The molecule has 0 radical (unpaired) electrons. The topological polar surface area (TPSA) is 112 Å². The van der Waals surface area contributed by atoms with Crippen LogP contribution in [-0.2, 0) is 14.4 Å². The molecule has 0 aliphatic heterocycles. The molecule has 0 atom stereocenters. The fraction of sp³-hybridized carbons (Fsp3) is 0.500. The molecule has 0 fully saturated rings. The van der Waals surface area contributed by atoms with E-state index in [1.807, 2.05) is 0 Å². The summed E-state index contributed by atoms with van der Waals surface area (Å²) in [5.41, 5.74) is 0. The normalized spacial score (nSPS) is 5.77. The standard InChI is InChI=1S/3C2H4O2.K.H/c3*1-2(3)4;;/h3*1H3,(H,3,4);;. The van der Waals surface area contributed by atoms with Crippen LogP contribution in [0.15, 0.2) is 0 Å². The minimum atomic E-state index is -0.833. The number of rotatable bonds is 0. The molecule has 74 valence electrons. The Hall–Kier alpha value is 0.0464. The number of carboxylic acids is 3. The molecule has 0 heterocycles. The average molecular weight is 220 g/mol. The van der Waals surface area contributed by atoms with Gasteiger partial charge in [0.05, 0.1) is 0 Å². The molecule has 0 rings (SSSR count). The summed E-state index contributed by atoms with van der Waals surface area (Å²) in [7, 11) is 0. The van der Waals surface area contributed by atoms with Crippen LogP contribution in [0.4, 0.5) is 0 Å². The Kier molecular flexibility index (Phi) is 32.0. The summed E-state index contributed by atoms with van der Waals surface area (Å²) >= 11 is 0. The second kappa shape index (κ2) is 18.0. The van der Waals surface area contributed by atoms with Crippen molar-refractivity contribution >= 4 is 69.3 Å². The molecule has 0 aliphatic rings. The van der Waals surface area contributed by atoms with Gasteiger partial charge in [-0.3, -0.25) is 14.4 Å². The number of aliphatic carboxylic acids is 3. The van der Waals surface area contributed by atoms with Crippen molar-refractivity contribution in [3.63, 3.8) is 0 Å². The van der Waals surface area contributed by atoms with Gasteiger partial charge in [-0.05, 0) is 0 Å². The van der Waals surface area contributed by atoms with Gasteiger partial charge in [-0.25, -0.2) is 0 Å². The van der Waals surface area contributed by atoms with Gasteiger partial charge in [0.1, 0.15) is 0 Å². The Labute approximate surface area is 118 Å². The number of carbonyl (C=O) groups is 3. The van der Waals surface area contributed by atoms with Crippen LogP contribution < -0.4 is 0 Å². The molecule has 0 saturated carbocycles. The second-order valence-electron chi connectivity index (χ2n) is 1.56. The molecule has 0 aromatic heterocycles. The maximum absolute atomic E-state index is 9.00. The fourth-order valence-electron chi connectivity index (χ4n) is 0. The first-order chi connectivity index (χ1) is 5.20. The molecular weight excluding hydrogens is 207 g/mol. The first-order valence-corrected chi connectivity index (χ1v) is 2.78. The molecule has 0 aromatic carbocycles. The number of carboxylic acid groups (broad SMARTS) is 3. The van der Waals surface area contributed by atoms with E-state index in [4.69, 9.17) is 29.7 Å². The predicted octanol–water partition coefficient (Wildman–Crippen LogP) is -0.376. The van der Waals surface area contributed by atoms with Gasteiger partial charge in [0.25, 0.3) is 17.9 Å². The summed E-state index contributed by atoms with van der Waals surface area (Å²) in [4.78, 5) is 27.0. The Morgan fingerprint density at radius 1 is 0.692 bits per heavy atom. The third kappa shape index (κ3) is 566000. The first-order valence-electron chi connectivity index (χ1n) is 2.78. The average Bonchev–Trinajstić information content (AvgIpc) is 1.54. The van der Waals surface area contributed by atoms with E-state index >= 15 is 0 Å². The van der Waals surface area contributed by atoms with E-state index in [1.165, 1.54) is 0 Å². The van der Waals surface area contributed by atoms with Gasteiger partial charge in [-0.2, -0.15) is 0 Å². The quantitative estimate of drug-likeness (QED) is 0.480. The van der Waals surface area contributed by atoms with Gasteiger partial charge < -0.3 is 15.3 Å². The SMILES string of the molecule is CC(=O)O.CC(=O)O.CC(=O)O.[KH]. The monoisotopic (exact) mass is 220 g/mol. The molecule has 3 N–H and O–H groups in total. The zero-order valence-corrected chi connectivity index (χ0v) is 7.07. The van der Waals surface area contributed by atoms with Crippen molar-refractivity contribution < 1.29 is 29.7 Å². The molecular formula is C6H13KO6. The number of hydrogen-bond donors (Lipinski definition) is 3. The molecule has 0 unspecified atom stereocenters. The van der Waals surface area contributed by atoms with Crippen LogP contribution in [0.3, 0.4) is 0 Å². The van der Waals surface area contributed by atoms with Crippen molar-refractivity contribution in [3.8, 4) is 0 Å². The Balaban J connectivity index is -0.0000000450. The zero-order valence-electron chi connectivity index (χ0n) is 7.07. The van der Waals surface area contributed by atoms with E-state index in [-0.39, 0.29) is 51.4 Å². The van der Waals surface area contributed by atoms with Crippen molar-refractivity contribution in [2.45, 2.75) is 20.8 Å². The van der Waals surface area contributed by atoms with Crippen LogP contribution in [0, 0.1) is 0 Å². The molecule has 0 saturated heterocycles. The molecule has 0 aromatic rings. The Morgan fingerprint density at radius 3 is 0.692 bits per heavy atom. The van der Waals surface area contributed by atoms with Gasteiger partial charge in [-0.1, -0.05) is 0 Å². The summed E-state index contributed by atoms with van der Waals surface area (Å²) < 4.78 is 0. The number of hydrogen-bond acceptors (Lipinski definition) is 3. The van der Waals surface area contributed by atoms with Crippen LogP contribution >= 0.6 is 0 Å². The van der Waals surface area contributed by atoms with Crippen LogP contribution in [0.5, 0.6) is 0 Å². The molecule has 0 spiro atoms. The molecule has 13 heavy (non-hydrogen) atoms. The van der Waals surface area contributed by atoms with Gasteiger partial charge in [0.2, 0.25) is 0 Å². The van der Waals surface area contributed by atoms with Gasteiger partial charge >= 0.3 is 51.4 Å². The van der Waals surface area contributed by atoms with E-state index in [0.29, 0.717) is 0 Å². The van der Waals surface area contributed by atoms with E-state index in [1.54, 1.807) is 0 Å². The maximum atomic E-state index is 9.00. The molecule has 0 bridgehead atoms. The second-order valence-corrected chi connectivity index (χ2v) is 1.56. The first kappa shape index (κ1) is 23.1. The predicted molar refractivity (Wildman–Crippen MR) is 47.1 cm³/mol. The molecule has 7 heteroatoms. The fourth-order valence-corrected chi connectivity index (χ4v) is 0. The van der Waals surface area contributed by atoms with Crippen LogP contribution in [0.1, 0.15) is 20.8 Å². The van der Waals surface area contributed by atoms with E-state index < -0.39 is 17.9 Å². The molecule has 0 amide bonds. The Morgan fingerprint density at radius 2 is 0.692 bits per heavy atom. The van der Waals surface area contributed by atoms with Crippen molar-refractivity contribution in [1.29, 1.82) is 0 Å². The Bertz CT molecular complexity index is 115. The van der Waals surface area contributed by atoms with Crippen LogP contribution in [0.2, 0.25) is 0 Å². The molecule has 0 aliphatic carbocycles. The summed E-state index contributed by atoms with van der Waals surface area (Å²) in [5.74, 6) is -2.50.